The summed E-state index contributed by atoms with van der Waals surface area (Å²) >= 11 is 0. The molecule has 0 aromatic heterocycles. The molecule has 2 heterocycles. The molecule has 1 amide bonds. The van der Waals surface area contributed by atoms with Gasteiger partial charge in [-0.05, 0) is 48.7 Å². The van der Waals surface area contributed by atoms with Crippen molar-refractivity contribution >= 4 is 21.6 Å². The lowest BCUT2D eigenvalue weighted by Crippen LogP contribution is -2.48. The predicted molar refractivity (Wildman–Crippen MR) is 109 cm³/mol. The summed E-state index contributed by atoms with van der Waals surface area (Å²) in [4.78, 5) is 14.1. The maximum Gasteiger partial charge on any atom is 0.243 e. The van der Waals surface area contributed by atoms with Crippen LogP contribution in [0.4, 0.5) is 5.69 Å². The Morgan fingerprint density at radius 2 is 1.71 bits per heavy atom. The fourth-order valence-corrected chi connectivity index (χ4v) is 5.33. The van der Waals surface area contributed by atoms with E-state index in [1.165, 1.54) is 5.56 Å². The summed E-state index contributed by atoms with van der Waals surface area (Å²) in [6, 6.07) is 15.3. The van der Waals surface area contributed by atoms with E-state index in [0.717, 1.165) is 38.0 Å². The molecule has 2 aromatic carbocycles. The molecule has 0 bridgehead atoms. The predicted octanol–water partition coefficient (Wildman–Crippen LogP) is 2.12. The van der Waals surface area contributed by atoms with E-state index >= 15 is 0 Å². The summed E-state index contributed by atoms with van der Waals surface area (Å²) in [7, 11) is -3.52. The van der Waals surface area contributed by atoms with Gasteiger partial charge < -0.3 is 10.2 Å². The quantitative estimate of drug-likeness (QED) is 0.808. The third-order valence-electron chi connectivity index (χ3n) is 5.45. The number of benzene rings is 2. The number of piperazine rings is 1. The van der Waals surface area contributed by atoms with E-state index in [4.69, 9.17) is 0 Å². The second-order valence-corrected chi connectivity index (χ2v) is 9.32. The van der Waals surface area contributed by atoms with Crippen LogP contribution in [0.2, 0.25) is 0 Å². The summed E-state index contributed by atoms with van der Waals surface area (Å²) in [5.74, 6) is -0.0892. The number of carbonyl (C=O) groups excluding carboxylic acids is 1. The van der Waals surface area contributed by atoms with Gasteiger partial charge in [0, 0.05) is 31.9 Å². The van der Waals surface area contributed by atoms with Crippen LogP contribution < -0.4 is 5.32 Å². The Kier molecular flexibility index (Phi) is 5.48. The van der Waals surface area contributed by atoms with Crippen molar-refractivity contribution in [2.24, 2.45) is 0 Å². The molecule has 0 radical (unpaired) electrons. The number of rotatable bonds is 6. The van der Waals surface area contributed by atoms with Crippen molar-refractivity contribution in [2.75, 3.05) is 38.0 Å². The van der Waals surface area contributed by atoms with E-state index in [1.54, 1.807) is 22.5 Å². The minimum atomic E-state index is -3.52. The Morgan fingerprint density at radius 1 is 0.964 bits per heavy atom. The highest BCUT2D eigenvalue weighted by molar-refractivity contribution is 7.89. The van der Waals surface area contributed by atoms with Crippen molar-refractivity contribution in [3.05, 3.63) is 59.7 Å². The molecular formula is C21H25N3O3S. The molecule has 4 rings (SSSR count). The van der Waals surface area contributed by atoms with Crippen LogP contribution in [0.15, 0.2) is 53.4 Å². The molecule has 0 aliphatic carbocycles. The molecule has 6 nitrogen and oxygen atoms in total. The highest BCUT2D eigenvalue weighted by Crippen LogP contribution is 2.27. The van der Waals surface area contributed by atoms with Crippen molar-refractivity contribution in [1.29, 1.82) is 0 Å². The Balaban J connectivity index is 1.32. The van der Waals surface area contributed by atoms with Gasteiger partial charge in [-0.15, -0.1) is 0 Å². The number of hydrogen-bond donors (Lipinski definition) is 1. The van der Waals surface area contributed by atoms with Gasteiger partial charge in [-0.3, -0.25) is 4.79 Å². The van der Waals surface area contributed by atoms with Gasteiger partial charge in [0.15, 0.2) is 0 Å². The fraction of sp³-hybridized carbons (Fsp3) is 0.381. The maximum atomic E-state index is 13.0. The van der Waals surface area contributed by atoms with Gasteiger partial charge in [-0.2, -0.15) is 4.31 Å². The molecule has 28 heavy (non-hydrogen) atoms. The summed E-state index contributed by atoms with van der Waals surface area (Å²) in [6.07, 6.45) is 2.36. The van der Waals surface area contributed by atoms with Crippen LogP contribution in [0, 0.1) is 0 Å². The van der Waals surface area contributed by atoms with Crippen LogP contribution in [0.1, 0.15) is 17.5 Å². The molecule has 7 heteroatoms. The Morgan fingerprint density at radius 3 is 2.46 bits per heavy atom. The van der Waals surface area contributed by atoms with Crippen LogP contribution in [0.3, 0.4) is 0 Å². The number of anilines is 1. The van der Waals surface area contributed by atoms with Crippen LogP contribution in [0.5, 0.6) is 0 Å². The van der Waals surface area contributed by atoms with Gasteiger partial charge in [0.05, 0.1) is 11.3 Å². The van der Waals surface area contributed by atoms with Crippen LogP contribution in [-0.2, 0) is 27.7 Å². The zero-order chi connectivity index (χ0) is 19.6. The minimum Gasteiger partial charge on any atom is -0.326 e. The van der Waals surface area contributed by atoms with Gasteiger partial charge >= 0.3 is 0 Å². The average Bonchev–Trinajstić information content (AvgIpc) is 3.08. The van der Waals surface area contributed by atoms with Gasteiger partial charge in [0.2, 0.25) is 15.9 Å². The molecule has 1 saturated heterocycles. The third kappa shape index (κ3) is 4.11. The standard InChI is InChI=1S/C21H25N3O3S/c25-21-16-18-15-19(8-9-20(18)22-21)28(26,27)24-13-11-23(12-14-24)10-4-7-17-5-2-1-3-6-17/h1-3,5-6,8-9,15H,4,7,10-14,16H2,(H,22,25). The fourth-order valence-electron chi connectivity index (χ4n) is 3.86. The zero-order valence-corrected chi connectivity index (χ0v) is 16.6. The van der Waals surface area contributed by atoms with Gasteiger partial charge in [-0.25, -0.2) is 8.42 Å². The number of carbonyl (C=O) groups is 1. The SMILES string of the molecule is O=C1Cc2cc(S(=O)(=O)N3CCN(CCCc4ccccc4)CC3)ccc2N1. The van der Waals surface area contributed by atoms with Crippen LogP contribution in [-0.4, -0.2) is 56.3 Å². The molecule has 0 atom stereocenters. The van der Waals surface area contributed by atoms with E-state index < -0.39 is 10.0 Å². The van der Waals surface area contributed by atoms with Crippen molar-refractivity contribution in [3.63, 3.8) is 0 Å². The molecule has 1 N–H and O–H groups in total. The minimum absolute atomic E-state index is 0.0892. The number of fused-ring (bicyclic) bond motifs is 1. The summed E-state index contributed by atoms with van der Waals surface area (Å²) in [5.41, 5.74) is 2.81. The Labute approximate surface area is 166 Å². The normalized spacial score (nSPS) is 18.1. The smallest absolute Gasteiger partial charge is 0.243 e. The molecular weight excluding hydrogens is 374 g/mol. The summed E-state index contributed by atoms with van der Waals surface area (Å²) < 4.78 is 27.5. The highest BCUT2D eigenvalue weighted by atomic mass is 32.2. The second kappa shape index (κ2) is 8.03. The number of aryl methyl sites for hydroxylation is 1. The van der Waals surface area contributed by atoms with E-state index in [1.807, 2.05) is 6.07 Å². The van der Waals surface area contributed by atoms with Crippen molar-refractivity contribution in [3.8, 4) is 0 Å². The van der Waals surface area contributed by atoms with Gasteiger partial charge in [-0.1, -0.05) is 30.3 Å². The van der Waals surface area contributed by atoms with E-state index in [-0.39, 0.29) is 17.2 Å². The lowest BCUT2D eigenvalue weighted by Gasteiger charge is -2.34. The third-order valence-corrected chi connectivity index (χ3v) is 7.35. The van der Waals surface area contributed by atoms with E-state index in [0.29, 0.717) is 18.8 Å². The number of sulfonamides is 1. The largest absolute Gasteiger partial charge is 0.326 e. The molecule has 0 spiro atoms. The summed E-state index contributed by atoms with van der Waals surface area (Å²) in [6.45, 7) is 3.48. The lowest BCUT2D eigenvalue weighted by molar-refractivity contribution is -0.115. The maximum absolute atomic E-state index is 13.0. The monoisotopic (exact) mass is 399 g/mol. The topological polar surface area (TPSA) is 69.7 Å². The van der Waals surface area contributed by atoms with Crippen molar-refractivity contribution in [2.45, 2.75) is 24.2 Å². The number of amides is 1. The lowest BCUT2D eigenvalue weighted by atomic mass is 10.1. The number of nitrogens with one attached hydrogen (secondary N) is 1. The first kappa shape index (κ1) is 19.1. The number of hydrogen-bond acceptors (Lipinski definition) is 4. The zero-order valence-electron chi connectivity index (χ0n) is 15.8. The van der Waals surface area contributed by atoms with Crippen LogP contribution >= 0.6 is 0 Å². The molecule has 2 aliphatic rings. The molecule has 0 saturated carbocycles. The van der Waals surface area contributed by atoms with Crippen molar-refractivity contribution < 1.29 is 13.2 Å². The van der Waals surface area contributed by atoms with E-state index in [2.05, 4.69) is 34.5 Å². The molecule has 1 fully saturated rings. The average molecular weight is 400 g/mol. The number of nitrogens with zero attached hydrogens (tertiary/aromatic N) is 2. The molecule has 2 aliphatic heterocycles. The van der Waals surface area contributed by atoms with E-state index in [9.17, 15) is 13.2 Å². The molecule has 0 unspecified atom stereocenters. The Bertz CT molecular complexity index is 952. The molecule has 148 valence electrons. The second-order valence-electron chi connectivity index (χ2n) is 7.38. The van der Waals surface area contributed by atoms with Crippen molar-refractivity contribution in [1.82, 2.24) is 9.21 Å². The van der Waals surface area contributed by atoms with Gasteiger partial charge in [0.1, 0.15) is 0 Å². The van der Waals surface area contributed by atoms with Crippen LogP contribution in [0.25, 0.3) is 0 Å². The first-order chi connectivity index (χ1) is 13.5. The highest BCUT2D eigenvalue weighted by Gasteiger charge is 2.29. The summed E-state index contributed by atoms with van der Waals surface area (Å²) in [5, 5.41) is 2.74. The first-order valence-corrected chi connectivity index (χ1v) is 11.2. The Hall–Kier alpha value is -2.22. The van der Waals surface area contributed by atoms with Gasteiger partial charge in [0.25, 0.3) is 0 Å². The molecule has 2 aromatic rings. The first-order valence-electron chi connectivity index (χ1n) is 9.71.